The number of furan rings is 1. The average Bonchev–Trinajstić information content (AvgIpc) is 3.01. The molecule has 136 valence electrons. The molecule has 25 heavy (non-hydrogen) atoms. The second-order valence-corrected chi connectivity index (χ2v) is 6.21. The Labute approximate surface area is 161 Å². The Bertz CT molecular complexity index is 703. The van der Waals surface area contributed by atoms with Crippen LogP contribution >= 0.6 is 28.3 Å². The summed E-state index contributed by atoms with van der Waals surface area (Å²) in [5.74, 6) is -0.134. The van der Waals surface area contributed by atoms with Gasteiger partial charge in [-0.05, 0) is 59.7 Å². The van der Waals surface area contributed by atoms with Gasteiger partial charge in [-0.2, -0.15) is 0 Å². The fraction of sp³-hybridized carbons (Fsp3) is 0.294. The predicted molar refractivity (Wildman–Crippen MR) is 103 cm³/mol. The van der Waals surface area contributed by atoms with Crippen molar-refractivity contribution in [2.24, 2.45) is 0 Å². The van der Waals surface area contributed by atoms with Gasteiger partial charge in [-0.15, -0.1) is 12.4 Å². The summed E-state index contributed by atoms with van der Waals surface area (Å²) < 4.78 is 5.70. The van der Waals surface area contributed by atoms with E-state index in [1.807, 2.05) is 26.1 Å². The first-order valence-electron chi connectivity index (χ1n) is 7.57. The number of rotatable bonds is 7. The van der Waals surface area contributed by atoms with E-state index in [4.69, 9.17) is 4.42 Å². The van der Waals surface area contributed by atoms with Gasteiger partial charge in [0, 0.05) is 18.3 Å². The van der Waals surface area contributed by atoms with Crippen LogP contribution in [0.4, 0.5) is 5.69 Å². The summed E-state index contributed by atoms with van der Waals surface area (Å²) in [6, 6.07) is 10.6. The SMILES string of the molecule is CNC(C)CNC(=O)Cc1ccc(NC(=O)c2ccc(Br)o2)cc1.Cl. The molecule has 0 aliphatic carbocycles. The number of hydrogen-bond acceptors (Lipinski definition) is 4. The molecule has 1 unspecified atom stereocenters. The molecule has 6 nitrogen and oxygen atoms in total. The molecule has 2 amide bonds. The minimum atomic E-state index is -0.327. The van der Waals surface area contributed by atoms with Crippen molar-refractivity contribution < 1.29 is 14.0 Å². The van der Waals surface area contributed by atoms with Crippen molar-refractivity contribution in [2.75, 3.05) is 18.9 Å². The van der Waals surface area contributed by atoms with Crippen LogP contribution in [0.5, 0.6) is 0 Å². The first-order valence-corrected chi connectivity index (χ1v) is 8.37. The van der Waals surface area contributed by atoms with Gasteiger partial charge in [0.15, 0.2) is 10.4 Å². The third-order valence-corrected chi connectivity index (χ3v) is 3.90. The van der Waals surface area contributed by atoms with Gasteiger partial charge in [-0.1, -0.05) is 12.1 Å². The first kappa shape index (κ1) is 21.2. The molecule has 2 aromatic rings. The van der Waals surface area contributed by atoms with Crippen molar-refractivity contribution in [3.05, 3.63) is 52.4 Å². The van der Waals surface area contributed by atoms with E-state index in [-0.39, 0.29) is 36.0 Å². The van der Waals surface area contributed by atoms with Crippen LogP contribution in [0.15, 0.2) is 45.5 Å². The summed E-state index contributed by atoms with van der Waals surface area (Å²) in [6.45, 7) is 2.58. The number of hydrogen-bond donors (Lipinski definition) is 3. The minimum absolute atomic E-state index is 0. The highest BCUT2D eigenvalue weighted by Gasteiger charge is 2.11. The smallest absolute Gasteiger partial charge is 0.291 e. The monoisotopic (exact) mass is 429 g/mol. The molecule has 0 saturated heterocycles. The maximum atomic E-state index is 12.0. The number of carbonyl (C=O) groups is 2. The molecule has 0 aliphatic rings. The molecule has 0 aliphatic heterocycles. The highest BCUT2D eigenvalue weighted by Crippen LogP contribution is 2.16. The molecule has 0 radical (unpaired) electrons. The number of benzene rings is 1. The molecule has 8 heteroatoms. The molecule has 2 rings (SSSR count). The second-order valence-electron chi connectivity index (χ2n) is 5.43. The zero-order valence-electron chi connectivity index (χ0n) is 14.0. The largest absolute Gasteiger partial charge is 0.444 e. The summed E-state index contributed by atoms with van der Waals surface area (Å²) in [4.78, 5) is 23.8. The Morgan fingerprint density at radius 3 is 2.40 bits per heavy atom. The Hall–Kier alpha value is -1.83. The Balaban J connectivity index is 0.00000312. The standard InChI is InChI=1S/C17H20BrN3O3.ClH/c1-11(19-2)10-20-16(22)9-12-3-5-13(6-4-12)21-17(23)14-7-8-15(18)24-14;/h3-8,11,19H,9-10H2,1-2H3,(H,20,22)(H,21,23);1H. The summed E-state index contributed by atoms with van der Waals surface area (Å²) in [5, 5.41) is 8.66. The highest BCUT2D eigenvalue weighted by atomic mass is 79.9. The van der Waals surface area contributed by atoms with E-state index in [2.05, 4.69) is 31.9 Å². The van der Waals surface area contributed by atoms with E-state index >= 15 is 0 Å². The maximum absolute atomic E-state index is 12.0. The van der Waals surface area contributed by atoms with Gasteiger partial charge in [-0.3, -0.25) is 9.59 Å². The van der Waals surface area contributed by atoms with Gasteiger partial charge in [0.25, 0.3) is 5.91 Å². The number of amides is 2. The van der Waals surface area contributed by atoms with Crippen molar-refractivity contribution in [1.29, 1.82) is 0 Å². The summed E-state index contributed by atoms with van der Waals surface area (Å²) in [6.07, 6.45) is 0.301. The lowest BCUT2D eigenvalue weighted by molar-refractivity contribution is -0.120. The zero-order valence-corrected chi connectivity index (χ0v) is 16.4. The lowest BCUT2D eigenvalue weighted by Crippen LogP contribution is -2.37. The summed E-state index contributed by atoms with van der Waals surface area (Å²) in [7, 11) is 1.85. The number of halogens is 2. The molecule has 0 fully saturated rings. The Morgan fingerprint density at radius 1 is 1.16 bits per heavy atom. The number of nitrogens with one attached hydrogen (secondary N) is 3. The van der Waals surface area contributed by atoms with Crippen molar-refractivity contribution in [3.63, 3.8) is 0 Å². The fourth-order valence-electron chi connectivity index (χ4n) is 1.95. The molecule has 0 spiro atoms. The van der Waals surface area contributed by atoms with Gasteiger partial charge in [-0.25, -0.2) is 0 Å². The Morgan fingerprint density at radius 2 is 1.84 bits per heavy atom. The van der Waals surface area contributed by atoms with Crippen LogP contribution in [0.1, 0.15) is 23.0 Å². The van der Waals surface area contributed by atoms with Gasteiger partial charge < -0.3 is 20.4 Å². The van der Waals surface area contributed by atoms with Crippen LogP contribution in [0.3, 0.4) is 0 Å². The van der Waals surface area contributed by atoms with Gasteiger partial charge in [0.2, 0.25) is 5.91 Å². The maximum Gasteiger partial charge on any atom is 0.291 e. The van der Waals surface area contributed by atoms with E-state index in [1.165, 1.54) is 0 Å². The fourth-order valence-corrected chi connectivity index (χ4v) is 2.26. The van der Waals surface area contributed by atoms with Crippen LogP contribution in [0, 0.1) is 0 Å². The molecular weight excluding hydrogens is 410 g/mol. The molecule has 1 aromatic heterocycles. The lowest BCUT2D eigenvalue weighted by atomic mass is 10.1. The van der Waals surface area contributed by atoms with E-state index in [0.29, 0.717) is 23.3 Å². The second kappa shape index (κ2) is 10.2. The molecule has 0 saturated carbocycles. The molecule has 3 N–H and O–H groups in total. The number of carbonyl (C=O) groups excluding carboxylic acids is 2. The van der Waals surface area contributed by atoms with Gasteiger partial charge >= 0.3 is 0 Å². The molecule has 1 heterocycles. The van der Waals surface area contributed by atoms with Crippen molar-refractivity contribution >= 4 is 45.8 Å². The van der Waals surface area contributed by atoms with E-state index < -0.39 is 0 Å². The van der Waals surface area contributed by atoms with Gasteiger partial charge in [0.1, 0.15) is 0 Å². The summed E-state index contributed by atoms with van der Waals surface area (Å²) in [5.41, 5.74) is 1.52. The van der Waals surface area contributed by atoms with Crippen LogP contribution in [-0.2, 0) is 11.2 Å². The Kier molecular flexibility index (Phi) is 8.68. The van der Waals surface area contributed by atoms with Crippen LogP contribution in [-0.4, -0.2) is 31.4 Å². The molecule has 0 bridgehead atoms. The molecular formula is C17H21BrClN3O3. The topological polar surface area (TPSA) is 83.4 Å². The van der Waals surface area contributed by atoms with Crippen molar-refractivity contribution in [3.8, 4) is 0 Å². The number of anilines is 1. The van der Waals surface area contributed by atoms with Crippen molar-refractivity contribution in [1.82, 2.24) is 10.6 Å². The minimum Gasteiger partial charge on any atom is -0.444 e. The summed E-state index contributed by atoms with van der Waals surface area (Å²) >= 11 is 3.16. The zero-order chi connectivity index (χ0) is 17.5. The normalized spacial score (nSPS) is 11.3. The molecule has 1 atom stereocenters. The highest BCUT2D eigenvalue weighted by molar-refractivity contribution is 9.10. The van der Waals surface area contributed by atoms with E-state index in [9.17, 15) is 9.59 Å². The lowest BCUT2D eigenvalue weighted by Gasteiger charge is -2.11. The third kappa shape index (κ3) is 6.89. The van der Waals surface area contributed by atoms with Crippen LogP contribution in [0.25, 0.3) is 0 Å². The van der Waals surface area contributed by atoms with Crippen LogP contribution < -0.4 is 16.0 Å². The quantitative estimate of drug-likeness (QED) is 0.630. The third-order valence-electron chi connectivity index (χ3n) is 3.47. The van der Waals surface area contributed by atoms with E-state index in [1.54, 1.807) is 24.3 Å². The van der Waals surface area contributed by atoms with Crippen molar-refractivity contribution in [2.45, 2.75) is 19.4 Å². The number of likely N-dealkylation sites (N-methyl/N-ethyl adjacent to an activating group) is 1. The van der Waals surface area contributed by atoms with Gasteiger partial charge in [0.05, 0.1) is 6.42 Å². The van der Waals surface area contributed by atoms with Crippen LogP contribution in [0.2, 0.25) is 0 Å². The predicted octanol–water partition coefficient (Wildman–Crippen LogP) is 2.98. The average molecular weight is 431 g/mol. The first-order chi connectivity index (χ1) is 11.5. The van der Waals surface area contributed by atoms with E-state index in [0.717, 1.165) is 5.56 Å². The molecule has 1 aromatic carbocycles.